The minimum Gasteiger partial charge on any atom is -0.375 e. The van der Waals surface area contributed by atoms with Gasteiger partial charge in [0.15, 0.2) is 10.9 Å². The topological polar surface area (TPSA) is 68.9 Å². The Morgan fingerprint density at radius 3 is 2.75 bits per heavy atom. The number of nitrogens with zero attached hydrogens (tertiary/aromatic N) is 1. The molecule has 0 amide bonds. The third-order valence-corrected chi connectivity index (χ3v) is 7.24. The number of nitrogens with one attached hydrogen (secondary N) is 1. The first kappa shape index (κ1) is 10.9. The second kappa shape index (κ2) is 3.05. The van der Waals surface area contributed by atoms with Gasteiger partial charge in [0.25, 0.3) is 0 Å². The molecule has 3 N–H and O–H groups in total. The summed E-state index contributed by atoms with van der Waals surface area (Å²) in [6.07, 6.45) is 1.36. The average Bonchev–Trinajstić information content (AvgIpc) is 3.04. The van der Waals surface area contributed by atoms with Crippen LogP contribution >= 0.6 is 12.2 Å². The SMILES string of the molecule is NC(=S)N/N=C1/C2C3CC4C5C3C1C5C1(OCCO1)C42. The van der Waals surface area contributed by atoms with Gasteiger partial charge < -0.3 is 15.2 Å². The summed E-state index contributed by atoms with van der Waals surface area (Å²) in [6.45, 7) is 1.53. The Balaban J connectivity index is 1.49. The minimum atomic E-state index is -0.255. The summed E-state index contributed by atoms with van der Waals surface area (Å²) in [5.41, 5.74) is 9.69. The Hall–Kier alpha value is -0.720. The summed E-state index contributed by atoms with van der Waals surface area (Å²) in [6, 6.07) is 0. The number of hydrazone groups is 1. The van der Waals surface area contributed by atoms with Crippen molar-refractivity contribution in [1.82, 2.24) is 5.43 Å². The summed E-state index contributed by atoms with van der Waals surface area (Å²) in [4.78, 5) is 0. The van der Waals surface area contributed by atoms with Gasteiger partial charge in [-0.25, -0.2) is 0 Å². The monoisotopic (exact) mass is 291 g/mol. The van der Waals surface area contributed by atoms with Crippen molar-refractivity contribution in [3.63, 3.8) is 0 Å². The van der Waals surface area contributed by atoms with Gasteiger partial charge in [0, 0.05) is 29.4 Å². The number of rotatable bonds is 1. The highest BCUT2D eigenvalue weighted by molar-refractivity contribution is 7.80. The molecule has 6 aliphatic rings. The largest absolute Gasteiger partial charge is 0.375 e. The lowest BCUT2D eigenvalue weighted by molar-refractivity contribution is -0.240. The van der Waals surface area contributed by atoms with Crippen molar-refractivity contribution < 1.29 is 9.47 Å². The molecule has 106 valence electrons. The van der Waals surface area contributed by atoms with Gasteiger partial charge in [0.2, 0.25) is 0 Å². The van der Waals surface area contributed by atoms with E-state index in [0.717, 1.165) is 36.9 Å². The van der Waals surface area contributed by atoms with Crippen LogP contribution in [0.15, 0.2) is 5.10 Å². The van der Waals surface area contributed by atoms with Crippen LogP contribution < -0.4 is 11.2 Å². The number of thiocarbonyl (C=S) groups is 1. The van der Waals surface area contributed by atoms with E-state index in [9.17, 15) is 0 Å². The van der Waals surface area contributed by atoms with Crippen molar-refractivity contribution >= 4 is 23.0 Å². The Labute approximate surface area is 122 Å². The van der Waals surface area contributed by atoms with Crippen molar-refractivity contribution in [2.45, 2.75) is 12.2 Å². The van der Waals surface area contributed by atoms with E-state index in [4.69, 9.17) is 27.4 Å². The van der Waals surface area contributed by atoms with Crippen LogP contribution in [-0.4, -0.2) is 29.8 Å². The lowest BCUT2D eigenvalue weighted by Crippen LogP contribution is -2.58. The van der Waals surface area contributed by atoms with Gasteiger partial charge in [-0.2, -0.15) is 5.10 Å². The van der Waals surface area contributed by atoms with Crippen LogP contribution in [-0.2, 0) is 9.47 Å². The molecule has 6 fully saturated rings. The molecule has 6 rings (SSSR count). The third-order valence-electron chi connectivity index (χ3n) is 7.15. The summed E-state index contributed by atoms with van der Waals surface area (Å²) in [5, 5.41) is 4.85. The van der Waals surface area contributed by atoms with Crippen LogP contribution in [0.1, 0.15) is 6.42 Å². The quantitative estimate of drug-likeness (QED) is 0.537. The number of hydrogen-bond donors (Lipinski definition) is 2. The molecule has 5 nitrogen and oxygen atoms in total. The number of fused-ring (bicyclic) bond motifs is 4. The molecule has 0 aromatic heterocycles. The molecule has 20 heavy (non-hydrogen) atoms. The third kappa shape index (κ3) is 0.853. The van der Waals surface area contributed by atoms with Gasteiger partial charge >= 0.3 is 0 Å². The van der Waals surface area contributed by atoms with E-state index >= 15 is 0 Å². The van der Waals surface area contributed by atoms with E-state index in [1.807, 2.05) is 0 Å². The van der Waals surface area contributed by atoms with Gasteiger partial charge in [0.1, 0.15) is 0 Å². The molecule has 1 saturated heterocycles. The van der Waals surface area contributed by atoms with Gasteiger partial charge in [-0.1, -0.05) is 0 Å². The maximum Gasteiger partial charge on any atom is 0.184 e. The molecule has 0 radical (unpaired) electrons. The van der Waals surface area contributed by atoms with E-state index in [-0.39, 0.29) is 10.9 Å². The van der Waals surface area contributed by atoms with Crippen molar-refractivity contribution in [1.29, 1.82) is 0 Å². The fourth-order valence-electron chi connectivity index (χ4n) is 7.24. The minimum absolute atomic E-state index is 0.255. The molecule has 5 saturated carbocycles. The predicted molar refractivity (Wildman–Crippen MR) is 74.5 cm³/mol. The Kier molecular flexibility index (Phi) is 1.67. The maximum atomic E-state index is 6.19. The molecule has 2 bridgehead atoms. The molecule has 1 spiro atoms. The normalized spacial score (nSPS) is 59.9. The van der Waals surface area contributed by atoms with E-state index in [1.54, 1.807) is 0 Å². The lowest BCUT2D eigenvalue weighted by atomic mass is 9.58. The van der Waals surface area contributed by atoms with E-state index in [2.05, 4.69) is 10.5 Å². The summed E-state index contributed by atoms with van der Waals surface area (Å²) < 4.78 is 12.4. The molecule has 1 aliphatic heterocycles. The Morgan fingerprint density at radius 2 is 2.00 bits per heavy atom. The van der Waals surface area contributed by atoms with Crippen LogP contribution in [0, 0.1) is 47.3 Å². The average molecular weight is 291 g/mol. The number of nitrogens with two attached hydrogens (primary N) is 1. The van der Waals surface area contributed by atoms with Crippen molar-refractivity contribution in [3.8, 4) is 0 Å². The standard InChI is InChI=1S/C14H17N3O2S/c15-13(20)17-16-12-8-4-3-5-7-6(4)9(12)11(7)14(10(5)8)18-1-2-19-14/h4-11H,1-3H2,(H3,15,17,20)/b16-12-. The Morgan fingerprint density at radius 1 is 1.20 bits per heavy atom. The van der Waals surface area contributed by atoms with Crippen LogP contribution in [0.3, 0.4) is 0 Å². The first-order chi connectivity index (χ1) is 9.74. The molecular weight excluding hydrogens is 274 g/mol. The zero-order valence-corrected chi connectivity index (χ0v) is 11.8. The fourth-order valence-corrected chi connectivity index (χ4v) is 7.29. The van der Waals surface area contributed by atoms with Crippen LogP contribution in [0.25, 0.3) is 0 Å². The van der Waals surface area contributed by atoms with Gasteiger partial charge in [0.05, 0.1) is 13.2 Å². The highest BCUT2D eigenvalue weighted by Gasteiger charge is 2.88. The van der Waals surface area contributed by atoms with Gasteiger partial charge in [-0.05, 0) is 42.3 Å². The summed E-state index contributed by atoms with van der Waals surface area (Å²) >= 11 is 4.89. The molecule has 6 heteroatoms. The molecular formula is C14H17N3O2S. The Bertz CT molecular complexity index is 573. The van der Waals surface area contributed by atoms with Gasteiger partial charge in [-0.15, -0.1) is 0 Å². The van der Waals surface area contributed by atoms with Crippen molar-refractivity contribution in [2.24, 2.45) is 58.2 Å². The van der Waals surface area contributed by atoms with Gasteiger partial charge in [-0.3, -0.25) is 5.43 Å². The van der Waals surface area contributed by atoms with E-state index < -0.39 is 0 Å². The van der Waals surface area contributed by atoms with Crippen molar-refractivity contribution in [3.05, 3.63) is 0 Å². The lowest BCUT2D eigenvalue weighted by Gasteiger charge is -2.51. The van der Waals surface area contributed by atoms with E-state index in [1.165, 1.54) is 12.1 Å². The van der Waals surface area contributed by atoms with Crippen LogP contribution in [0.5, 0.6) is 0 Å². The van der Waals surface area contributed by atoms with Crippen LogP contribution in [0.4, 0.5) is 0 Å². The molecule has 0 aromatic carbocycles. The highest BCUT2D eigenvalue weighted by Crippen LogP contribution is 2.85. The van der Waals surface area contributed by atoms with Crippen LogP contribution in [0.2, 0.25) is 0 Å². The molecule has 1 heterocycles. The smallest absolute Gasteiger partial charge is 0.184 e. The fraction of sp³-hybridized carbons (Fsp3) is 0.857. The number of ether oxygens (including phenoxy) is 2. The number of hydrogen-bond acceptors (Lipinski definition) is 4. The maximum absolute atomic E-state index is 6.19. The van der Waals surface area contributed by atoms with Crippen molar-refractivity contribution in [2.75, 3.05) is 13.2 Å². The molecule has 8 atom stereocenters. The second-order valence-electron chi connectivity index (χ2n) is 7.25. The van der Waals surface area contributed by atoms with E-state index in [0.29, 0.717) is 23.7 Å². The first-order valence-electron chi connectivity index (χ1n) is 7.65. The zero-order valence-electron chi connectivity index (χ0n) is 11.0. The zero-order chi connectivity index (χ0) is 13.2. The predicted octanol–water partition coefficient (Wildman–Crippen LogP) is 0.306. The summed E-state index contributed by atoms with van der Waals surface area (Å²) in [7, 11) is 0. The summed E-state index contributed by atoms with van der Waals surface area (Å²) in [5.74, 6) is 5.22. The molecule has 8 unspecified atom stereocenters. The first-order valence-corrected chi connectivity index (χ1v) is 8.06. The highest BCUT2D eigenvalue weighted by atomic mass is 32.1. The molecule has 5 aliphatic carbocycles. The molecule has 0 aromatic rings. The second-order valence-corrected chi connectivity index (χ2v) is 7.69.